The molecule has 0 heterocycles. The molecule has 0 bridgehead atoms. The first-order valence-electron chi connectivity index (χ1n) is 13.7. The molecule has 0 spiro atoms. The molecule has 0 aromatic heterocycles. The predicted molar refractivity (Wildman–Crippen MR) is 167 cm³/mol. The Hall–Kier alpha value is -5.10. The standard InChI is InChI=1S/C36H35NO5/c1-6-35(38)40-23-34(24-41-36(39)25(2)3)42-33-21-13-29(14-22-33)28-11-19-32(20-12-28)37(30-15-7-26(4)8-16-30)31-17-9-27(5)10-18-31/h6-22,34H,1-2,23-24H2,3-5H3. The van der Waals surface area contributed by atoms with Gasteiger partial charge in [-0.1, -0.05) is 72.8 Å². The number of hydrogen-bond donors (Lipinski definition) is 0. The molecule has 0 saturated heterocycles. The highest BCUT2D eigenvalue weighted by atomic mass is 16.6. The van der Waals surface area contributed by atoms with Crippen molar-refractivity contribution in [2.24, 2.45) is 0 Å². The van der Waals surface area contributed by atoms with Crippen LogP contribution in [0, 0.1) is 13.8 Å². The highest BCUT2D eigenvalue weighted by Gasteiger charge is 2.17. The van der Waals surface area contributed by atoms with E-state index < -0.39 is 18.0 Å². The van der Waals surface area contributed by atoms with E-state index in [9.17, 15) is 9.59 Å². The van der Waals surface area contributed by atoms with Gasteiger partial charge in [0.25, 0.3) is 0 Å². The SMILES string of the molecule is C=CC(=O)OCC(COC(=O)C(=C)C)Oc1ccc(-c2ccc(N(c3ccc(C)cc3)c3ccc(C)cc3)cc2)cc1. The monoisotopic (exact) mass is 561 g/mol. The van der Waals surface area contributed by atoms with Gasteiger partial charge in [0.05, 0.1) is 0 Å². The number of carbonyl (C=O) groups is 2. The van der Waals surface area contributed by atoms with E-state index in [0.717, 1.165) is 34.3 Å². The fourth-order valence-corrected chi connectivity index (χ4v) is 4.20. The Morgan fingerprint density at radius 2 is 1.14 bits per heavy atom. The smallest absolute Gasteiger partial charge is 0.333 e. The van der Waals surface area contributed by atoms with Crippen molar-refractivity contribution in [1.29, 1.82) is 0 Å². The molecule has 0 saturated carbocycles. The van der Waals surface area contributed by atoms with Gasteiger partial charge in [-0.05, 0) is 80.4 Å². The fraction of sp³-hybridized carbons (Fsp3) is 0.167. The Morgan fingerprint density at radius 1 is 0.714 bits per heavy atom. The second-order valence-corrected chi connectivity index (χ2v) is 10.0. The van der Waals surface area contributed by atoms with Gasteiger partial charge >= 0.3 is 11.9 Å². The molecule has 6 nitrogen and oxygen atoms in total. The van der Waals surface area contributed by atoms with Crippen LogP contribution in [0.5, 0.6) is 5.75 Å². The largest absolute Gasteiger partial charge is 0.483 e. The number of esters is 2. The Bertz CT molecular complexity index is 1480. The highest BCUT2D eigenvalue weighted by molar-refractivity contribution is 5.87. The van der Waals surface area contributed by atoms with Crippen LogP contribution in [0.25, 0.3) is 11.1 Å². The lowest BCUT2D eigenvalue weighted by molar-refractivity contribution is -0.145. The lowest BCUT2D eigenvalue weighted by Crippen LogP contribution is -2.31. The zero-order chi connectivity index (χ0) is 30.1. The molecule has 0 amide bonds. The summed E-state index contributed by atoms with van der Waals surface area (Å²) in [6.45, 7) is 12.5. The molecular weight excluding hydrogens is 526 g/mol. The number of nitrogens with zero attached hydrogens (tertiary/aromatic N) is 1. The normalized spacial score (nSPS) is 11.2. The molecule has 0 fully saturated rings. The molecule has 0 N–H and O–H groups in total. The molecule has 0 aliphatic rings. The summed E-state index contributed by atoms with van der Waals surface area (Å²) >= 11 is 0. The number of rotatable bonds is 12. The second-order valence-electron chi connectivity index (χ2n) is 10.0. The maximum atomic E-state index is 11.8. The molecule has 4 aromatic rings. The topological polar surface area (TPSA) is 65.1 Å². The van der Waals surface area contributed by atoms with E-state index in [4.69, 9.17) is 14.2 Å². The summed E-state index contributed by atoms with van der Waals surface area (Å²) in [5.41, 5.74) is 7.96. The lowest BCUT2D eigenvalue weighted by atomic mass is 10.0. The van der Waals surface area contributed by atoms with Crippen LogP contribution in [0.3, 0.4) is 0 Å². The summed E-state index contributed by atoms with van der Waals surface area (Å²) in [6, 6.07) is 33.0. The first kappa shape index (κ1) is 29.9. The van der Waals surface area contributed by atoms with Gasteiger partial charge in [0, 0.05) is 28.7 Å². The third-order valence-electron chi connectivity index (χ3n) is 6.53. The highest BCUT2D eigenvalue weighted by Crippen LogP contribution is 2.36. The van der Waals surface area contributed by atoms with Crippen LogP contribution in [0.2, 0.25) is 0 Å². The Morgan fingerprint density at radius 3 is 1.60 bits per heavy atom. The van der Waals surface area contributed by atoms with Crippen molar-refractivity contribution in [3.05, 3.63) is 133 Å². The second kappa shape index (κ2) is 14.0. The maximum Gasteiger partial charge on any atom is 0.333 e. The number of benzene rings is 4. The molecule has 1 unspecified atom stereocenters. The zero-order valence-electron chi connectivity index (χ0n) is 24.2. The van der Waals surface area contributed by atoms with Gasteiger partial charge in [-0.15, -0.1) is 0 Å². The van der Waals surface area contributed by atoms with Crippen molar-refractivity contribution in [3.8, 4) is 16.9 Å². The van der Waals surface area contributed by atoms with Crippen molar-refractivity contribution < 1.29 is 23.8 Å². The molecule has 214 valence electrons. The van der Waals surface area contributed by atoms with Crippen LogP contribution < -0.4 is 9.64 Å². The predicted octanol–water partition coefficient (Wildman–Crippen LogP) is 8.04. The molecule has 4 aromatic carbocycles. The number of anilines is 3. The molecule has 0 aliphatic carbocycles. The molecule has 1 atom stereocenters. The molecule has 4 rings (SSSR count). The van der Waals surface area contributed by atoms with Gasteiger partial charge in [-0.25, -0.2) is 9.59 Å². The minimum atomic E-state index is -0.697. The third-order valence-corrected chi connectivity index (χ3v) is 6.53. The Kier molecular flexibility index (Phi) is 9.95. The molecule has 0 aliphatic heterocycles. The van der Waals surface area contributed by atoms with Gasteiger partial charge in [0.15, 0.2) is 6.10 Å². The number of hydrogen-bond acceptors (Lipinski definition) is 6. The van der Waals surface area contributed by atoms with Crippen LogP contribution in [0.4, 0.5) is 17.1 Å². The number of ether oxygens (including phenoxy) is 3. The Labute approximate surface area is 247 Å². The summed E-state index contributed by atoms with van der Waals surface area (Å²) in [6.07, 6.45) is 0.370. The lowest BCUT2D eigenvalue weighted by Gasteiger charge is -2.26. The quantitative estimate of drug-likeness (QED) is 0.129. The summed E-state index contributed by atoms with van der Waals surface area (Å²) in [7, 11) is 0. The Balaban J connectivity index is 1.51. The minimum Gasteiger partial charge on any atom is -0.483 e. The van der Waals surface area contributed by atoms with E-state index in [1.54, 1.807) is 6.92 Å². The van der Waals surface area contributed by atoms with E-state index in [-0.39, 0.29) is 18.8 Å². The van der Waals surface area contributed by atoms with E-state index >= 15 is 0 Å². The summed E-state index contributed by atoms with van der Waals surface area (Å²) in [4.78, 5) is 25.6. The van der Waals surface area contributed by atoms with Crippen molar-refractivity contribution >= 4 is 29.0 Å². The number of aryl methyl sites for hydroxylation is 2. The van der Waals surface area contributed by atoms with Crippen molar-refractivity contribution in [3.63, 3.8) is 0 Å². The van der Waals surface area contributed by atoms with E-state index in [0.29, 0.717) is 5.75 Å². The summed E-state index contributed by atoms with van der Waals surface area (Å²) in [5, 5.41) is 0. The average molecular weight is 562 g/mol. The van der Waals surface area contributed by atoms with Gasteiger partial charge in [0.2, 0.25) is 0 Å². The third kappa shape index (κ3) is 7.98. The summed E-state index contributed by atoms with van der Waals surface area (Å²) < 4.78 is 16.3. The molecule has 0 radical (unpaired) electrons. The van der Waals surface area contributed by atoms with Crippen LogP contribution in [-0.4, -0.2) is 31.3 Å². The van der Waals surface area contributed by atoms with Gasteiger partial charge in [-0.3, -0.25) is 0 Å². The van der Waals surface area contributed by atoms with Gasteiger partial charge in [-0.2, -0.15) is 0 Å². The minimum absolute atomic E-state index is 0.0994. The van der Waals surface area contributed by atoms with E-state index in [1.807, 2.05) is 24.3 Å². The first-order valence-corrected chi connectivity index (χ1v) is 13.7. The van der Waals surface area contributed by atoms with Gasteiger partial charge < -0.3 is 19.1 Å². The average Bonchev–Trinajstić information content (AvgIpc) is 3.00. The molecule has 42 heavy (non-hydrogen) atoms. The first-order chi connectivity index (χ1) is 20.2. The maximum absolute atomic E-state index is 11.8. The molecular formula is C36H35NO5. The van der Waals surface area contributed by atoms with Crippen molar-refractivity contribution in [2.75, 3.05) is 18.1 Å². The summed E-state index contributed by atoms with van der Waals surface area (Å²) in [5.74, 6) is -0.580. The van der Waals surface area contributed by atoms with Gasteiger partial charge in [0.1, 0.15) is 19.0 Å². The van der Waals surface area contributed by atoms with Crippen LogP contribution in [-0.2, 0) is 19.1 Å². The molecule has 6 heteroatoms. The fourth-order valence-electron chi connectivity index (χ4n) is 4.20. The number of carbonyl (C=O) groups excluding carboxylic acids is 2. The van der Waals surface area contributed by atoms with Crippen molar-refractivity contribution in [2.45, 2.75) is 26.9 Å². The van der Waals surface area contributed by atoms with E-state index in [1.165, 1.54) is 11.1 Å². The zero-order valence-corrected chi connectivity index (χ0v) is 24.2. The van der Waals surface area contributed by atoms with Crippen LogP contribution in [0.1, 0.15) is 18.1 Å². The van der Waals surface area contributed by atoms with E-state index in [2.05, 4.69) is 105 Å². The van der Waals surface area contributed by atoms with Crippen LogP contribution in [0.15, 0.2) is 122 Å². The van der Waals surface area contributed by atoms with Crippen molar-refractivity contribution in [1.82, 2.24) is 0 Å². The van der Waals surface area contributed by atoms with Crippen LogP contribution >= 0.6 is 0 Å².